The minimum absolute atomic E-state index is 0.0374. The van der Waals surface area contributed by atoms with Crippen LogP contribution < -0.4 is 0 Å². The summed E-state index contributed by atoms with van der Waals surface area (Å²) in [4.78, 5) is 25.1. The number of ketones is 1. The molecule has 0 atom stereocenters. The number of allylic oxidation sites excluding steroid dienone is 1. The van der Waals surface area contributed by atoms with E-state index >= 15 is 0 Å². The molecule has 0 heterocycles. The Labute approximate surface area is 158 Å². The van der Waals surface area contributed by atoms with Crippen molar-refractivity contribution in [1.29, 1.82) is 0 Å². The maximum absolute atomic E-state index is 12.6. The van der Waals surface area contributed by atoms with E-state index in [1.165, 1.54) is 18.2 Å². The van der Waals surface area contributed by atoms with Gasteiger partial charge in [0.25, 0.3) is 0 Å². The lowest BCUT2D eigenvalue weighted by atomic mass is 10.0. The molecule has 0 fully saturated rings. The smallest absolute Gasteiger partial charge is 0.338 e. The number of aryl methyl sites for hydroxylation is 1. The number of hydrogen-bond acceptors (Lipinski definition) is 4. The minimum atomic E-state index is -0.573. The second-order valence-electron chi connectivity index (χ2n) is 5.90. The fourth-order valence-corrected chi connectivity index (χ4v) is 2.50. The summed E-state index contributed by atoms with van der Waals surface area (Å²) in [5.74, 6) is -1.27. The van der Waals surface area contributed by atoms with E-state index in [9.17, 15) is 14.7 Å². The van der Waals surface area contributed by atoms with E-state index in [1.54, 1.807) is 31.2 Å². The highest BCUT2D eigenvalue weighted by atomic mass is 35.5. The lowest BCUT2D eigenvalue weighted by molar-refractivity contribution is -0.136. The number of aromatic hydroxyl groups is 1. The molecule has 0 aromatic heterocycles. The van der Waals surface area contributed by atoms with Gasteiger partial charge in [-0.3, -0.25) is 4.79 Å². The van der Waals surface area contributed by atoms with Gasteiger partial charge >= 0.3 is 5.97 Å². The molecule has 0 saturated carbocycles. The number of carbonyl (C=O) groups is 2. The van der Waals surface area contributed by atoms with E-state index in [2.05, 4.69) is 0 Å². The Morgan fingerprint density at radius 2 is 1.88 bits per heavy atom. The summed E-state index contributed by atoms with van der Waals surface area (Å²) in [5, 5.41) is 10.4. The van der Waals surface area contributed by atoms with Crippen LogP contribution in [0.15, 0.2) is 48.5 Å². The number of phenolic OH excluding ortho intramolecular Hbond substituents is 1. The predicted molar refractivity (Wildman–Crippen MR) is 102 cm³/mol. The average molecular weight is 373 g/mol. The van der Waals surface area contributed by atoms with Crippen molar-refractivity contribution in [3.63, 3.8) is 0 Å². The Morgan fingerprint density at radius 3 is 2.54 bits per heavy atom. The zero-order valence-electron chi connectivity index (χ0n) is 14.8. The van der Waals surface area contributed by atoms with Crippen molar-refractivity contribution in [3.8, 4) is 5.75 Å². The van der Waals surface area contributed by atoms with Gasteiger partial charge in [-0.1, -0.05) is 55.3 Å². The van der Waals surface area contributed by atoms with Crippen LogP contribution in [0.5, 0.6) is 5.75 Å². The van der Waals surface area contributed by atoms with Crippen LogP contribution in [0.2, 0.25) is 5.02 Å². The number of ether oxygens (including phenoxy) is 1. The van der Waals surface area contributed by atoms with E-state index < -0.39 is 11.8 Å². The van der Waals surface area contributed by atoms with Crippen molar-refractivity contribution in [2.24, 2.45) is 0 Å². The molecule has 0 aliphatic rings. The molecule has 4 nitrogen and oxygen atoms in total. The second-order valence-corrected chi connectivity index (χ2v) is 6.30. The largest absolute Gasteiger partial charge is 0.507 e. The van der Waals surface area contributed by atoms with Crippen molar-refractivity contribution < 1.29 is 19.4 Å². The summed E-state index contributed by atoms with van der Waals surface area (Å²) in [5.41, 5.74) is 1.41. The van der Waals surface area contributed by atoms with Gasteiger partial charge in [0.2, 0.25) is 0 Å². The van der Waals surface area contributed by atoms with Crippen molar-refractivity contribution in [3.05, 3.63) is 70.3 Å². The highest BCUT2D eigenvalue weighted by Gasteiger charge is 2.18. The highest BCUT2D eigenvalue weighted by molar-refractivity contribution is 6.32. The quantitative estimate of drug-likeness (QED) is 0.323. The van der Waals surface area contributed by atoms with Crippen LogP contribution in [0.4, 0.5) is 0 Å². The summed E-state index contributed by atoms with van der Waals surface area (Å²) < 4.78 is 5.26. The Hall–Kier alpha value is -2.59. The van der Waals surface area contributed by atoms with Crippen LogP contribution in [-0.4, -0.2) is 23.5 Å². The van der Waals surface area contributed by atoms with Crippen LogP contribution >= 0.6 is 11.6 Å². The van der Waals surface area contributed by atoms with Gasteiger partial charge in [0, 0.05) is 11.1 Å². The third-order valence-electron chi connectivity index (χ3n) is 3.85. The monoisotopic (exact) mass is 372 g/mol. The average Bonchev–Trinajstić information content (AvgIpc) is 2.63. The lowest BCUT2D eigenvalue weighted by Gasteiger charge is -2.09. The third-order valence-corrected chi connectivity index (χ3v) is 4.26. The van der Waals surface area contributed by atoms with E-state index in [4.69, 9.17) is 16.3 Å². The van der Waals surface area contributed by atoms with E-state index in [-0.39, 0.29) is 23.5 Å². The van der Waals surface area contributed by atoms with Gasteiger partial charge in [-0.2, -0.15) is 0 Å². The molecule has 0 bridgehead atoms. The fraction of sp³-hybridized carbons (Fsp3) is 0.238. The molecule has 0 saturated heterocycles. The van der Waals surface area contributed by atoms with Gasteiger partial charge in [0.05, 0.1) is 17.7 Å². The number of carbonyl (C=O) groups excluding carboxylic acids is 2. The number of hydrogen-bond donors (Lipinski definition) is 1. The van der Waals surface area contributed by atoms with Gasteiger partial charge in [-0.05, 0) is 36.6 Å². The molecule has 2 aromatic carbocycles. The van der Waals surface area contributed by atoms with Crippen molar-refractivity contribution in [1.82, 2.24) is 0 Å². The Morgan fingerprint density at radius 1 is 1.19 bits per heavy atom. The van der Waals surface area contributed by atoms with Crippen molar-refractivity contribution in [2.75, 3.05) is 6.61 Å². The molecule has 0 radical (unpaired) electrons. The zero-order chi connectivity index (χ0) is 19.1. The Bertz CT molecular complexity index is 825. The standard InChI is InChI=1S/C21H21ClO4/c1-3-4-10-26-21(25)16(15-8-6-5-7-9-15)13-20(24)17-12-18(22)14(2)11-19(17)23/h5-9,11-13,23H,3-4,10H2,1-2H3/b16-13+. The first kappa shape index (κ1) is 19.7. The molecule has 26 heavy (non-hydrogen) atoms. The van der Waals surface area contributed by atoms with E-state index in [0.29, 0.717) is 16.1 Å². The van der Waals surface area contributed by atoms with Gasteiger partial charge in [0.1, 0.15) is 5.75 Å². The van der Waals surface area contributed by atoms with Gasteiger partial charge in [-0.25, -0.2) is 4.79 Å². The molecule has 0 amide bonds. The third kappa shape index (κ3) is 4.96. The fourth-order valence-electron chi connectivity index (χ4n) is 2.34. The maximum atomic E-state index is 12.6. The van der Waals surface area contributed by atoms with E-state index in [1.807, 2.05) is 13.0 Å². The minimum Gasteiger partial charge on any atom is -0.507 e. The summed E-state index contributed by atoms with van der Waals surface area (Å²) in [6.45, 7) is 4.01. The van der Waals surface area contributed by atoms with Crippen molar-refractivity contribution in [2.45, 2.75) is 26.7 Å². The summed E-state index contributed by atoms with van der Waals surface area (Å²) in [6, 6.07) is 11.6. The molecule has 0 aliphatic carbocycles. The number of phenols is 1. The number of rotatable bonds is 7. The molecule has 2 aromatic rings. The lowest BCUT2D eigenvalue weighted by Crippen LogP contribution is -2.10. The van der Waals surface area contributed by atoms with Crippen LogP contribution in [0.1, 0.15) is 41.3 Å². The van der Waals surface area contributed by atoms with E-state index in [0.717, 1.165) is 12.8 Å². The number of unbranched alkanes of at least 4 members (excludes halogenated alkanes) is 1. The SMILES string of the molecule is CCCCOC(=O)/C(=C/C(=O)c1cc(Cl)c(C)cc1O)c1ccccc1. The molecular formula is C21H21ClO4. The summed E-state index contributed by atoms with van der Waals surface area (Å²) in [6.07, 6.45) is 2.83. The van der Waals surface area contributed by atoms with Gasteiger partial charge in [-0.15, -0.1) is 0 Å². The second kappa shape index (κ2) is 9.20. The molecular weight excluding hydrogens is 352 g/mol. The Kier molecular flexibility index (Phi) is 6.98. The number of esters is 1. The Balaban J connectivity index is 2.39. The van der Waals surface area contributed by atoms with Crippen LogP contribution in [0.3, 0.4) is 0 Å². The number of halogens is 1. The molecule has 2 rings (SSSR count). The topological polar surface area (TPSA) is 63.6 Å². The summed E-state index contributed by atoms with van der Waals surface area (Å²) >= 11 is 6.05. The first-order valence-electron chi connectivity index (χ1n) is 8.41. The molecule has 136 valence electrons. The normalized spacial score (nSPS) is 11.3. The van der Waals surface area contributed by atoms with Crippen LogP contribution in [0.25, 0.3) is 5.57 Å². The molecule has 0 aliphatic heterocycles. The first-order chi connectivity index (χ1) is 12.4. The van der Waals surface area contributed by atoms with Crippen molar-refractivity contribution >= 4 is 28.9 Å². The van der Waals surface area contributed by atoms with Crippen LogP contribution in [0, 0.1) is 6.92 Å². The zero-order valence-corrected chi connectivity index (χ0v) is 15.5. The van der Waals surface area contributed by atoms with Gasteiger partial charge in [0.15, 0.2) is 5.78 Å². The molecule has 5 heteroatoms. The van der Waals surface area contributed by atoms with Crippen LogP contribution in [-0.2, 0) is 9.53 Å². The number of benzene rings is 2. The maximum Gasteiger partial charge on any atom is 0.338 e. The predicted octanol–water partition coefficient (Wildman–Crippen LogP) is 4.96. The summed E-state index contributed by atoms with van der Waals surface area (Å²) in [7, 11) is 0. The molecule has 0 spiro atoms. The highest BCUT2D eigenvalue weighted by Crippen LogP contribution is 2.27. The first-order valence-corrected chi connectivity index (χ1v) is 8.79. The van der Waals surface area contributed by atoms with Gasteiger partial charge < -0.3 is 9.84 Å². The molecule has 1 N–H and O–H groups in total. The molecule has 0 unspecified atom stereocenters.